The van der Waals surface area contributed by atoms with Gasteiger partial charge >= 0.3 is 0 Å². The topological polar surface area (TPSA) is 71.4 Å². The van der Waals surface area contributed by atoms with Gasteiger partial charge in [0, 0.05) is 11.9 Å². The lowest BCUT2D eigenvalue weighted by Crippen LogP contribution is -2.12. The van der Waals surface area contributed by atoms with E-state index in [1.807, 2.05) is 0 Å². The number of fused-ring (bicyclic) bond motifs is 1. The van der Waals surface area contributed by atoms with Crippen LogP contribution in [0.1, 0.15) is 10.4 Å². The predicted molar refractivity (Wildman–Crippen MR) is 81.3 cm³/mol. The summed E-state index contributed by atoms with van der Waals surface area (Å²) in [6.07, 6.45) is 1.65. The fourth-order valence-electron chi connectivity index (χ4n) is 1.92. The van der Waals surface area contributed by atoms with E-state index in [-0.39, 0.29) is 5.91 Å². The molecule has 0 aliphatic heterocycles. The molecule has 0 saturated carbocycles. The van der Waals surface area contributed by atoms with Crippen LogP contribution in [0.5, 0.6) is 5.75 Å². The Hall–Kier alpha value is -2.67. The van der Waals surface area contributed by atoms with Crippen molar-refractivity contribution < 1.29 is 9.53 Å². The lowest BCUT2D eigenvalue weighted by Gasteiger charge is -2.06. The molecule has 2 aromatic heterocycles. The van der Waals surface area contributed by atoms with Gasteiger partial charge in [0.2, 0.25) is 0 Å². The number of carbonyl (C=O) groups is 1. The van der Waals surface area contributed by atoms with Crippen molar-refractivity contribution in [3.05, 3.63) is 52.9 Å². The summed E-state index contributed by atoms with van der Waals surface area (Å²) in [7, 11) is 1.59. The number of nitrogens with one attached hydrogen (secondary N) is 2. The first kappa shape index (κ1) is 13.3. The van der Waals surface area contributed by atoms with Crippen molar-refractivity contribution in [2.75, 3.05) is 12.4 Å². The van der Waals surface area contributed by atoms with Crippen molar-refractivity contribution in [2.45, 2.75) is 0 Å². The molecule has 0 aliphatic rings. The van der Waals surface area contributed by atoms with E-state index in [0.29, 0.717) is 21.7 Å². The molecule has 0 radical (unpaired) electrons. The zero-order valence-electron chi connectivity index (χ0n) is 11.2. The normalized spacial score (nSPS) is 10.5. The number of nitrogens with zero attached hydrogens (tertiary/aromatic N) is 2. The van der Waals surface area contributed by atoms with Crippen LogP contribution in [-0.2, 0) is 0 Å². The Morgan fingerprint density at radius 1 is 1.29 bits per heavy atom. The van der Waals surface area contributed by atoms with Crippen LogP contribution in [-0.4, -0.2) is 27.6 Å². The summed E-state index contributed by atoms with van der Waals surface area (Å²) >= 11 is 5.09. The van der Waals surface area contributed by atoms with E-state index in [0.717, 1.165) is 5.75 Å². The molecule has 0 saturated heterocycles. The Morgan fingerprint density at radius 2 is 2.05 bits per heavy atom. The summed E-state index contributed by atoms with van der Waals surface area (Å²) in [5, 5.41) is 9.51. The molecule has 7 heteroatoms. The van der Waals surface area contributed by atoms with Gasteiger partial charge in [-0.3, -0.25) is 14.3 Å². The largest absolute Gasteiger partial charge is 0.497 e. The summed E-state index contributed by atoms with van der Waals surface area (Å²) in [4.78, 5) is 12.2. The molecule has 106 valence electrons. The maximum atomic E-state index is 12.2. The second-order valence-electron chi connectivity index (χ2n) is 4.36. The second kappa shape index (κ2) is 5.37. The van der Waals surface area contributed by atoms with Gasteiger partial charge in [-0.2, -0.15) is 5.10 Å². The highest BCUT2D eigenvalue weighted by Gasteiger charge is 2.08. The third kappa shape index (κ3) is 2.63. The van der Waals surface area contributed by atoms with Crippen LogP contribution in [0.15, 0.2) is 42.6 Å². The number of amides is 1. The lowest BCUT2D eigenvalue weighted by atomic mass is 10.2. The molecule has 6 nitrogen and oxygen atoms in total. The highest BCUT2D eigenvalue weighted by molar-refractivity contribution is 7.71. The molecule has 0 bridgehead atoms. The van der Waals surface area contributed by atoms with Crippen molar-refractivity contribution in [3.63, 3.8) is 0 Å². The number of rotatable bonds is 3. The molecular formula is C14H12N4O2S. The van der Waals surface area contributed by atoms with Crippen LogP contribution in [0.4, 0.5) is 5.69 Å². The summed E-state index contributed by atoms with van der Waals surface area (Å²) < 4.78 is 7.17. The van der Waals surface area contributed by atoms with Crippen molar-refractivity contribution in [1.29, 1.82) is 0 Å². The number of ether oxygens (including phenoxy) is 1. The molecule has 0 spiro atoms. The van der Waals surface area contributed by atoms with E-state index >= 15 is 0 Å². The van der Waals surface area contributed by atoms with Crippen LogP contribution in [0, 0.1) is 4.77 Å². The van der Waals surface area contributed by atoms with E-state index in [2.05, 4.69) is 15.5 Å². The monoisotopic (exact) mass is 300 g/mol. The SMILES string of the molecule is COc1ccc(NC(=O)c2ccc3n[nH]c(=S)n3c2)cc1. The Morgan fingerprint density at radius 3 is 2.76 bits per heavy atom. The summed E-state index contributed by atoms with van der Waals surface area (Å²) in [5.74, 6) is 0.518. The minimum Gasteiger partial charge on any atom is -0.497 e. The minimum absolute atomic E-state index is 0.217. The quantitative estimate of drug-likeness (QED) is 0.729. The fourth-order valence-corrected chi connectivity index (χ4v) is 2.11. The van der Waals surface area contributed by atoms with Gasteiger partial charge < -0.3 is 10.1 Å². The van der Waals surface area contributed by atoms with Gasteiger partial charge in [0.25, 0.3) is 5.91 Å². The third-order valence-corrected chi connectivity index (χ3v) is 3.31. The van der Waals surface area contributed by atoms with Crippen LogP contribution >= 0.6 is 12.2 Å². The lowest BCUT2D eigenvalue weighted by molar-refractivity contribution is 0.102. The Labute approximate surface area is 125 Å². The van der Waals surface area contributed by atoms with E-state index in [4.69, 9.17) is 17.0 Å². The van der Waals surface area contributed by atoms with Crippen LogP contribution in [0.25, 0.3) is 5.65 Å². The molecule has 0 unspecified atom stereocenters. The van der Waals surface area contributed by atoms with Crippen molar-refractivity contribution in [1.82, 2.24) is 14.6 Å². The second-order valence-corrected chi connectivity index (χ2v) is 4.74. The summed E-state index contributed by atoms with van der Waals surface area (Å²) in [6.45, 7) is 0. The van der Waals surface area contributed by atoms with Crippen LogP contribution < -0.4 is 10.1 Å². The van der Waals surface area contributed by atoms with Crippen molar-refractivity contribution >= 4 is 29.5 Å². The molecule has 21 heavy (non-hydrogen) atoms. The maximum Gasteiger partial charge on any atom is 0.257 e. The van der Waals surface area contributed by atoms with Gasteiger partial charge in [-0.25, -0.2) is 0 Å². The number of hydrogen-bond donors (Lipinski definition) is 2. The van der Waals surface area contributed by atoms with E-state index in [1.54, 1.807) is 54.1 Å². The molecule has 2 N–H and O–H groups in total. The Balaban J connectivity index is 1.85. The zero-order valence-corrected chi connectivity index (χ0v) is 12.0. The highest BCUT2D eigenvalue weighted by Crippen LogP contribution is 2.16. The average molecular weight is 300 g/mol. The number of methoxy groups -OCH3 is 1. The van der Waals surface area contributed by atoms with Gasteiger partial charge in [0.15, 0.2) is 10.4 Å². The number of carbonyl (C=O) groups excluding carboxylic acids is 1. The molecule has 2 heterocycles. The number of anilines is 1. The van der Waals surface area contributed by atoms with Crippen LogP contribution in [0.3, 0.4) is 0 Å². The fraction of sp³-hybridized carbons (Fsp3) is 0.0714. The third-order valence-electron chi connectivity index (χ3n) is 3.02. The van der Waals surface area contributed by atoms with Crippen molar-refractivity contribution in [3.8, 4) is 5.75 Å². The smallest absolute Gasteiger partial charge is 0.257 e. The van der Waals surface area contributed by atoms with E-state index in [1.165, 1.54) is 0 Å². The van der Waals surface area contributed by atoms with Gasteiger partial charge in [0.05, 0.1) is 12.7 Å². The first-order valence-corrected chi connectivity index (χ1v) is 6.60. The number of H-pyrrole nitrogens is 1. The van der Waals surface area contributed by atoms with Crippen LogP contribution in [0.2, 0.25) is 0 Å². The van der Waals surface area contributed by atoms with Gasteiger partial charge in [-0.05, 0) is 48.6 Å². The first-order valence-electron chi connectivity index (χ1n) is 6.19. The number of hydrogen-bond acceptors (Lipinski definition) is 4. The van der Waals surface area contributed by atoms with Gasteiger partial charge in [-0.15, -0.1) is 0 Å². The molecule has 3 rings (SSSR count). The van der Waals surface area contributed by atoms with Gasteiger partial charge in [0.1, 0.15) is 5.75 Å². The zero-order chi connectivity index (χ0) is 14.8. The van der Waals surface area contributed by atoms with E-state index < -0.39 is 0 Å². The molecule has 1 amide bonds. The Bertz CT molecular complexity index is 851. The van der Waals surface area contributed by atoms with E-state index in [9.17, 15) is 4.79 Å². The standard InChI is InChI=1S/C14H12N4O2S/c1-20-11-5-3-10(4-6-11)15-13(19)9-2-7-12-16-17-14(21)18(12)8-9/h2-8H,1H3,(H,15,19)(H,17,21). The summed E-state index contributed by atoms with van der Waals surface area (Å²) in [6, 6.07) is 10.5. The first-order chi connectivity index (χ1) is 10.2. The number of pyridine rings is 1. The Kier molecular flexibility index (Phi) is 3.41. The molecular weight excluding hydrogens is 288 g/mol. The van der Waals surface area contributed by atoms with Gasteiger partial charge in [-0.1, -0.05) is 0 Å². The average Bonchev–Trinajstić information content (AvgIpc) is 2.89. The molecule has 1 aromatic carbocycles. The van der Waals surface area contributed by atoms with Crippen molar-refractivity contribution in [2.24, 2.45) is 0 Å². The predicted octanol–water partition coefficient (Wildman–Crippen LogP) is 2.65. The minimum atomic E-state index is -0.217. The summed E-state index contributed by atoms with van der Waals surface area (Å²) in [5.41, 5.74) is 1.86. The molecule has 0 fully saturated rings. The number of benzene rings is 1. The molecule has 0 atom stereocenters. The molecule has 0 aliphatic carbocycles. The molecule has 3 aromatic rings. The number of aromatic nitrogens is 3. The maximum absolute atomic E-state index is 12.2. The highest BCUT2D eigenvalue weighted by atomic mass is 32.1. The number of aromatic amines is 1.